The summed E-state index contributed by atoms with van der Waals surface area (Å²) in [5, 5.41) is 13.6. The molecule has 1 amide bonds. The van der Waals surface area contributed by atoms with E-state index in [4.69, 9.17) is 10.5 Å². The number of hydrogen-bond acceptors (Lipinski definition) is 7. The maximum atomic E-state index is 10.8. The number of carbonyl (C=O) groups is 1. The van der Waals surface area contributed by atoms with E-state index in [1.54, 1.807) is 12.3 Å². The van der Waals surface area contributed by atoms with E-state index in [0.717, 1.165) is 43.6 Å². The third-order valence-corrected chi connectivity index (χ3v) is 4.21. The minimum Gasteiger partial charge on any atom is -0.446 e. The first-order valence-electron chi connectivity index (χ1n) is 8.49. The summed E-state index contributed by atoms with van der Waals surface area (Å²) in [5.74, 6) is 1.97. The van der Waals surface area contributed by atoms with Crippen LogP contribution in [0.4, 0.5) is 22.4 Å². The minimum absolute atomic E-state index is 0.0862. The zero-order chi connectivity index (χ0) is 17.6. The molecular weight excluding hydrogens is 322 g/mol. The van der Waals surface area contributed by atoms with Crippen LogP contribution in [0.1, 0.15) is 38.3 Å². The van der Waals surface area contributed by atoms with Gasteiger partial charge in [0.2, 0.25) is 5.95 Å². The number of ether oxygens (including phenoxy) is 1. The van der Waals surface area contributed by atoms with Crippen molar-refractivity contribution >= 4 is 23.7 Å². The number of anilines is 3. The first-order valence-corrected chi connectivity index (χ1v) is 8.49. The number of primary amides is 1. The second kappa shape index (κ2) is 7.82. The van der Waals surface area contributed by atoms with Crippen molar-refractivity contribution in [2.24, 2.45) is 5.73 Å². The summed E-state index contributed by atoms with van der Waals surface area (Å²) < 4.78 is 5.05. The average molecular weight is 345 g/mol. The number of rotatable bonds is 6. The van der Waals surface area contributed by atoms with E-state index < -0.39 is 6.09 Å². The van der Waals surface area contributed by atoms with Gasteiger partial charge < -0.3 is 21.1 Å². The second-order valence-electron chi connectivity index (χ2n) is 6.08. The van der Waals surface area contributed by atoms with Crippen molar-refractivity contribution in [3.8, 4) is 0 Å². The first-order chi connectivity index (χ1) is 12.1. The van der Waals surface area contributed by atoms with Gasteiger partial charge in [0.1, 0.15) is 11.9 Å². The number of aromatic amines is 1. The third-order valence-electron chi connectivity index (χ3n) is 4.21. The predicted octanol–water partition coefficient (Wildman–Crippen LogP) is 2.32. The lowest BCUT2D eigenvalue weighted by atomic mass is 9.93. The molecule has 0 saturated heterocycles. The van der Waals surface area contributed by atoms with Crippen molar-refractivity contribution in [3.05, 3.63) is 24.0 Å². The monoisotopic (exact) mass is 345 g/mol. The van der Waals surface area contributed by atoms with E-state index in [1.165, 1.54) is 0 Å². The lowest BCUT2D eigenvalue weighted by molar-refractivity contribution is 0.0805. The predicted molar refractivity (Wildman–Crippen MR) is 93.6 cm³/mol. The van der Waals surface area contributed by atoms with Crippen molar-refractivity contribution in [3.63, 3.8) is 0 Å². The molecule has 2 aromatic rings. The van der Waals surface area contributed by atoms with Crippen LogP contribution in [0.3, 0.4) is 0 Å². The van der Waals surface area contributed by atoms with Gasteiger partial charge in [0, 0.05) is 24.0 Å². The number of nitrogens with zero attached hydrogens (tertiary/aromatic N) is 3. The van der Waals surface area contributed by atoms with Crippen LogP contribution in [-0.4, -0.2) is 38.4 Å². The van der Waals surface area contributed by atoms with E-state index in [2.05, 4.69) is 37.7 Å². The van der Waals surface area contributed by atoms with Gasteiger partial charge in [0.25, 0.3) is 0 Å². The van der Waals surface area contributed by atoms with Crippen molar-refractivity contribution in [2.75, 3.05) is 10.6 Å². The SMILES string of the molecule is CCc1cc(Nc2ccnc(NC3CCC(OC(N)=O)CC3)n2)n[nH]1. The molecule has 3 rings (SSSR count). The number of nitrogens with two attached hydrogens (primary N) is 1. The summed E-state index contributed by atoms with van der Waals surface area (Å²) in [4.78, 5) is 19.5. The number of hydrogen-bond donors (Lipinski definition) is 4. The molecule has 25 heavy (non-hydrogen) atoms. The van der Waals surface area contributed by atoms with Crippen molar-refractivity contribution in [1.82, 2.24) is 20.2 Å². The summed E-state index contributed by atoms with van der Waals surface area (Å²) in [6, 6.07) is 4.00. The number of nitrogens with one attached hydrogen (secondary N) is 3. The zero-order valence-corrected chi connectivity index (χ0v) is 14.2. The Hall–Kier alpha value is -2.84. The van der Waals surface area contributed by atoms with Crippen LogP contribution >= 0.6 is 0 Å². The van der Waals surface area contributed by atoms with Crippen molar-refractivity contribution in [1.29, 1.82) is 0 Å². The van der Waals surface area contributed by atoms with Gasteiger partial charge in [-0.2, -0.15) is 10.1 Å². The fraction of sp³-hybridized carbons (Fsp3) is 0.500. The summed E-state index contributed by atoms with van der Waals surface area (Å²) in [7, 11) is 0. The highest BCUT2D eigenvalue weighted by Crippen LogP contribution is 2.23. The maximum absolute atomic E-state index is 10.8. The standard InChI is InChI=1S/C16H23N7O2/c1-2-10-9-14(23-22-10)20-13-7-8-18-16(21-13)19-11-3-5-12(6-4-11)25-15(17)24/h7-9,11-12H,2-6H2,1H3,(H2,17,24)(H3,18,19,20,21,22,23). The molecule has 0 aromatic carbocycles. The number of aryl methyl sites for hydroxylation is 1. The van der Waals surface area contributed by atoms with E-state index in [0.29, 0.717) is 11.8 Å². The van der Waals surface area contributed by atoms with E-state index in [9.17, 15) is 4.79 Å². The molecule has 0 aliphatic heterocycles. The molecule has 0 unspecified atom stereocenters. The fourth-order valence-electron chi connectivity index (χ4n) is 2.91. The van der Waals surface area contributed by atoms with Crippen LogP contribution in [-0.2, 0) is 11.2 Å². The highest BCUT2D eigenvalue weighted by molar-refractivity contribution is 5.64. The Labute approximate surface area is 145 Å². The first kappa shape index (κ1) is 17.0. The molecule has 1 saturated carbocycles. The van der Waals surface area contributed by atoms with Crippen LogP contribution < -0.4 is 16.4 Å². The van der Waals surface area contributed by atoms with E-state index in [1.807, 2.05) is 6.07 Å². The Bertz CT molecular complexity index is 710. The molecular formula is C16H23N7O2. The topological polar surface area (TPSA) is 131 Å². The normalized spacial score (nSPS) is 20.0. The average Bonchev–Trinajstić information content (AvgIpc) is 3.04. The zero-order valence-electron chi connectivity index (χ0n) is 14.2. The maximum Gasteiger partial charge on any atom is 0.404 e. The number of H-pyrrole nitrogens is 1. The summed E-state index contributed by atoms with van der Waals surface area (Å²) in [5.41, 5.74) is 6.12. The van der Waals surface area contributed by atoms with Crippen molar-refractivity contribution < 1.29 is 9.53 Å². The van der Waals surface area contributed by atoms with E-state index >= 15 is 0 Å². The van der Waals surface area contributed by atoms with Crippen LogP contribution in [0.15, 0.2) is 18.3 Å². The molecule has 1 aliphatic carbocycles. The molecule has 9 nitrogen and oxygen atoms in total. The molecule has 5 N–H and O–H groups in total. The van der Waals surface area contributed by atoms with Gasteiger partial charge >= 0.3 is 6.09 Å². The molecule has 9 heteroatoms. The molecule has 0 spiro atoms. The Balaban J connectivity index is 1.54. The summed E-state index contributed by atoms with van der Waals surface area (Å²) in [6.45, 7) is 2.06. The Morgan fingerprint density at radius 3 is 2.84 bits per heavy atom. The lowest BCUT2D eigenvalue weighted by Crippen LogP contribution is -2.32. The molecule has 0 bridgehead atoms. The van der Waals surface area contributed by atoms with Gasteiger partial charge in [0.15, 0.2) is 5.82 Å². The lowest BCUT2D eigenvalue weighted by Gasteiger charge is -2.28. The minimum atomic E-state index is -0.705. The van der Waals surface area contributed by atoms with E-state index in [-0.39, 0.29) is 12.1 Å². The van der Waals surface area contributed by atoms with Crippen molar-refractivity contribution in [2.45, 2.75) is 51.2 Å². The number of amides is 1. The Morgan fingerprint density at radius 1 is 1.36 bits per heavy atom. The van der Waals surface area contributed by atoms with Gasteiger partial charge in [-0.3, -0.25) is 5.10 Å². The molecule has 134 valence electrons. The summed E-state index contributed by atoms with van der Waals surface area (Å²) >= 11 is 0. The Kier molecular flexibility index (Phi) is 5.32. The highest BCUT2D eigenvalue weighted by atomic mass is 16.6. The smallest absolute Gasteiger partial charge is 0.404 e. The Morgan fingerprint density at radius 2 is 2.16 bits per heavy atom. The molecule has 1 fully saturated rings. The molecule has 2 heterocycles. The quantitative estimate of drug-likeness (QED) is 0.632. The van der Waals surface area contributed by atoms with Crippen LogP contribution in [0.25, 0.3) is 0 Å². The third kappa shape index (κ3) is 4.82. The fourth-order valence-corrected chi connectivity index (χ4v) is 2.91. The second-order valence-corrected chi connectivity index (χ2v) is 6.08. The molecule has 2 aromatic heterocycles. The molecule has 1 aliphatic rings. The molecule has 0 radical (unpaired) electrons. The molecule has 0 atom stereocenters. The summed E-state index contributed by atoms with van der Waals surface area (Å²) in [6.07, 6.45) is 5.12. The van der Waals surface area contributed by atoms with Gasteiger partial charge in [-0.05, 0) is 38.2 Å². The highest BCUT2D eigenvalue weighted by Gasteiger charge is 2.23. The van der Waals surface area contributed by atoms with Gasteiger partial charge in [-0.1, -0.05) is 6.92 Å². The number of aromatic nitrogens is 4. The van der Waals surface area contributed by atoms with Crippen LogP contribution in [0.5, 0.6) is 0 Å². The van der Waals surface area contributed by atoms with Gasteiger partial charge in [-0.15, -0.1) is 0 Å². The van der Waals surface area contributed by atoms with Gasteiger partial charge in [0.05, 0.1) is 0 Å². The van der Waals surface area contributed by atoms with Crippen LogP contribution in [0, 0.1) is 0 Å². The van der Waals surface area contributed by atoms with Gasteiger partial charge in [-0.25, -0.2) is 9.78 Å². The van der Waals surface area contributed by atoms with Crippen LogP contribution in [0.2, 0.25) is 0 Å². The largest absolute Gasteiger partial charge is 0.446 e. The number of carbonyl (C=O) groups excluding carboxylic acids is 1.